The van der Waals surface area contributed by atoms with Crippen molar-refractivity contribution < 1.29 is 9.53 Å². The standard InChI is InChI=1S/C18H15NO2/c1-2-21-18-6-4-3-5-16(18)11-12-17(20)15-9-7-14(13-19)8-10-15/h3-12H,2H2,1H3/b12-11+. The van der Waals surface area contributed by atoms with Gasteiger partial charge in [0.2, 0.25) is 0 Å². The summed E-state index contributed by atoms with van der Waals surface area (Å²) in [6, 6.07) is 16.2. The first-order valence-corrected chi connectivity index (χ1v) is 6.69. The zero-order chi connectivity index (χ0) is 15.1. The summed E-state index contributed by atoms with van der Waals surface area (Å²) in [5.41, 5.74) is 1.96. The molecular formula is C18H15NO2. The van der Waals surface area contributed by atoms with Gasteiger partial charge in [-0.1, -0.05) is 18.2 Å². The van der Waals surface area contributed by atoms with Crippen molar-refractivity contribution in [2.24, 2.45) is 0 Å². The van der Waals surface area contributed by atoms with Gasteiger partial charge in [0.05, 0.1) is 18.2 Å². The van der Waals surface area contributed by atoms with Gasteiger partial charge in [0, 0.05) is 11.1 Å². The minimum absolute atomic E-state index is 0.106. The number of rotatable bonds is 5. The number of hydrogen-bond donors (Lipinski definition) is 0. The summed E-state index contributed by atoms with van der Waals surface area (Å²) in [5, 5.41) is 8.74. The number of ketones is 1. The van der Waals surface area contributed by atoms with Gasteiger partial charge in [-0.15, -0.1) is 0 Å². The molecule has 0 fully saturated rings. The SMILES string of the molecule is CCOc1ccccc1/C=C/C(=O)c1ccc(C#N)cc1. The average molecular weight is 277 g/mol. The van der Waals surface area contributed by atoms with Crippen LogP contribution in [0, 0.1) is 11.3 Å². The van der Waals surface area contributed by atoms with E-state index in [2.05, 4.69) is 0 Å². The van der Waals surface area contributed by atoms with E-state index in [-0.39, 0.29) is 5.78 Å². The fourth-order valence-corrected chi connectivity index (χ4v) is 1.88. The molecule has 0 heterocycles. The second-order valence-electron chi connectivity index (χ2n) is 4.36. The van der Waals surface area contributed by atoms with Crippen molar-refractivity contribution >= 4 is 11.9 Å². The predicted molar refractivity (Wildman–Crippen MR) is 82.1 cm³/mol. The smallest absolute Gasteiger partial charge is 0.185 e. The van der Waals surface area contributed by atoms with Crippen LogP contribution in [0.5, 0.6) is 5.75 Å². The Morgan fingerprint density at radius 1 is 1.19 bits per heavy atom. The number of nitrogens with zero attached hydrogens (tertiary/aromatic N) is 1. The number of ether oxygens (including phenoxy) is 1. The molecule has 0 saturated carbocycles. The molecule has 2 aromatic rings. The molecule has 0 N–H and O–H groups in total. The maximum Gasteiger partial charge on any atom is 0.185 e. The van der Waals surface area contributed by atoms with Crippen molar-refractivity contribution in [1.29, 1.82) is 5.26 Å². The highest BCUT2D eigenvalue weighted by Gasteiger charge is 2.03. The van der Waals surface area contributed by atoms with E-state index in [4.69, 9.17) is 10.00 Å². The van der Waals surface area contributed by atoms with E-state index < -0.39 is 0 Å². The normalized spacial score (nSPS) is 10.3. The molecule has 0 aromatic heterocycles. The van der Waals surface area contributed by atoms with Crippen LogP contribution in [0.3, 0.4) is 0 Å². The summed E-state index contributed by atoms with van der Waals surface area (Å²) >= 11 is 0. The molecule has 21 heavy (non-hydrogen) atoms. The molecular weight excluding hydrogens is 262 g/mol. The number of nitriles is 1. The van der Waals surface area contributed by atoms with Crippen molar-refractivity contribution in [2.45, 2.75) is 6.92 Å². The topological polar surface area (TPSA) is 50.1 Å². The zero-order valence-electron chi connectivity index (χ0n) is 11.7. The lowest BCUT2D eigenvalue weighted by atomic mass is 10.1. The Hall–Kier alpha value is -2.86. The summed E-state index contributed by atoms with van der Waals surface area (Å²) < 4.78 is 5.51. The maximum atomic E-state index is 12.1. The summed E-state index contributed by atoms with van der Waals surface area (Å²) in [6.45, 7) is 2.50. The molecule has 0 radical (unpaired) electrons. The molecule has 3 nitrogen and oxygen atoms in total. The van der Waals surface area contributed by atoms with Crippen LogP contribution in [0.25, 0.3) is 6.08 Å². The molecule has 0 aliphatic heterocycles. The summed E-state index contributed by atoms with van der Waals surface area (Å²) in [6.07, 6.45) is 3.25. The lowest BCUT2D eigenvalue weighted by Crippen LogP contribution is -1.95. The summed E-state index contributed by atoms with van der Waals surface area (Å²) in [4.78, 5) is 12.1. The molecule has 0 atom stereocenters. The Labute approximate surface area is 124 Å². The van der Waals surface area contributed by atoms with E-state index in [1.165, 1.54) is 6.08 Å². The second-order valence-corrected chi connectivity index (χ2v) is 4.36. The predicted octanol–water partition coefficient (Wildman–Crippen LogP) is 3.85. The highest BCUT2D eigenvalue weighted by atomic mass is 16.5. The molecule has 104 valence electrons. The Kier molecular flexibility index (Phi) is 4.89. The number of hydrogen-bond acceptors (Lipinski definition) is 3. The van der Waals surface area contributed by atoms with Gasteiger partial charge >= 0.3 is 0 Å². The molecule has 0 amide bonds. The maximum absolute atomic E-state index is 12.1. The van der Waals surface area contributed by atoms with Crippen molar-refractivity contribution in [2.75, 3.05) is 6.61 Å². The van der Waals surface area contributed by atoms with Crippen LogP contribution in [0.15, 0.2) is 54.6 Å². The van der Waals surface area contributed by atoms with E-state index in [0.717, 1.165) is 11.3 Å². The number of carbonyl (C=O) groups excluding carboxylic acids is 1. The fraction of sp³-hybridized carbons (Fsp3) is 0.111. The lowest BCUT2D eigenvalue weighted by Gasteiger charge is -2.06. The van der Waals surface area contributed by atoms with E-state index in [1.54, 1.807) is 30.3 Å². The van der Waals surface area contributed by atoms with Gasteiger partial charge in [-0.3, -0.25) is 4.79 Å². The minimum atomic E-state index is -0.106. The van der Waals surface area contributed by atoms with Gasteiger partial charge < -0.3 is 4.74 Å². The van der Waals surface area contributed by atoms with Gasteiger partial charge in [0.25, 0.3) is 0 Å². The van der Waals surface area contributed by atoms with Crippen molar-refractivity contribution in [3.05, 3.63) is 71.3 Å². The van der Waals surface area contributed by atoms with Crippen LogP contribution in [0.1, 0.15) is 28.4 Å². The Balaban J connectivity index is 2.17. The number of para-hydroxylation sites is 1. The van der Waals surface area contributed by atoms with Crippen molar-refractivity contribution in [1.82, 2.24) is 0 Å². The molecule has 0 aliphatic carbocycles. The molecule has 0 unspecified atom stereocenters. The molecule has 0 saturated heterocycles. The lowest BCUT2D eigenvalue weighted by molar-refractivity contribution is 0.104. The Bertz CT molecular complexity index is 694. The first kappa shape index (κ1) is 14.5. The van der Waals surface area contributed by atoms with E-state index in [0.29, 0.717) is 17.7 Å². The van der Waals surface area contributed by atoms with E-state index in [1.807, 2.05) is 37.3 Å². The minimum Gasteiger partial charge on any atom is -0.493 e. The van der Waals surface area contributed by atoms with Gasteiger partial charge in [-0.2, -0.15) is 5.26 Å². The van der Waals surface area contributed by atoms with E-state index >= 15 is 0 Å². The average Bonchev–Trinajstić information content (AvgIpc) is 2.54. The summed E-state index contributed by atoms with van der Waals surface area (Å²) in [7, 11) is 0. The van der Waals surface area contributed by atoms with Crippen LogP contribution >= 0.6 is 0 Å². The molecule has 0 bridgehead atoms. The van der Waals surface area contributed by atoms with Crippen molar-refractivity contribution in [3.8, 4) is 11.8 Å². The number of benzene rings is 2. The zero-order valence-corrected chi connectivity index (χ0v) is 11.7. The highest BCUT2D eigenvalue weighted by Crippen LogP contribution is 2.19. The first-order valence-electron chi connectivity index (χ1n) is 6.69. The first-order chi connectivity index (χ1) is 10.2. The van der Waals surface area contributed by atoms with Gasteiger partial charge in [-0.05, 0) is 49.4 Å². The quantitative estimate of drug-likeness (QED) is 0.616. The third-order valence-electron chi connectivity index (χ3n) is 2.93. The van der Waals surface area contributed by atoms with Crippen LogP contribution < -0.4 is 4.74 Å². The third-order valence-corrected chi connectivity index (χ3v) is 2.93. The van der Waals surface area contributed by atoms with Crippen molar-refractivity contribution in [3.63, 3.8) is 0 Å². The molecule has 2 rings (SSSR count). The second kappa shape index (κ2) is 7.06. The van der Waals surface area contributed by atoms with Gasteiger partial charge in [-0.25, -0.2) is 0 Å². The van der Waals surface area contributed by atoms with E-state index in [9.17, 15) is 4.79 Å². The molecule has 0 spiro atoms. The Morgan fingerprint density at radius 3 is 2.57 bits per heavy atom. The van der Waals surface area contributed by atoms with Crippen LogP contribution in [-0.4, -0.2) is 12.4 Å². The Morgan fingerprint density at radius 2 is 1.90 bits per heavy atom. The number of allylic oxidation sites excluding steroid dienone is 1. The summed E-state index contributed by atoms with van der Waals surface area (Å²) in [5.74, 6) is 0.648. The largest absolute Gasteiger partial charge is 0.493 e. The van der Waals surface area contributed by atoms with Gasteiger partial charge in [0.1, 0.15) is 5.75 Å². The fourth-order valence-electron chi connectivity index (χ4n) is 1.88. The molecule has 0 aliphatic rings. The van der Waals surface area contributed by atoms with Crippen LogP contribution in [0.2, 0.25) is 0 Å². The number of carbonyl (C=O) groups is 1. The monoisotopic (exact) mass is 277 g/mol. The molecule has 3 heteroatoms. The van der Waals surface area contributed by atoms with Crippen LogP contribution in [-0.2, 0) is 0 Å². The highest BCUT2D eigenvalue weighted by molar-refractivity contribution is 6.07. The third kappa shape index (κ3) is 3.80. The van der Waals surface area contributed by atoms with Crippen LogP contribution in [0.4, 0.5) is 0 Å². The van der Waals surface area contributed by atoms with Gasteiger partial charge in [0.15, 0.2) is 5.78 Å². The molecule has 2 aromatic carbocycles.